The first-order chi connectivity index (χ1) is 8.29. The number of aryl methyl sites for hydroxylation is 1. The van der Waals surface area contributed by atoms with Crippen LogP contribution < -0.4 is 5.73 Å². The number of nitrogen functional groups attached to an aromatic ring is 1. The van der Waals surface area contributed by atoms with E-state index in [1.54, 1.807) is 18.2 Å². The third-order valence-electron chi connectivity index (χ3n) is 2.37. The zero-order valence-electron chi connectivity index (χ0n) is 11.4. The van der Waals surface area contributed by atoms with Gasteiger partial charge in [0.2, 0.25) is 0 Å². The first-order valence-corrected chi connectivity index (χ1v) is 5.97. The van der Waals surface area contributed by atoms with Gasteiger partial charge in [-0.1, -0.05) is 6.07 Å². The predicted molar refractivity (Wildman–Crippen MR) is 71.6 cm³/mol. The molecular weight excluding hydrogens is 230 g/mol. The SMILES string of the molecule is Cc1ccc(C(=O)OCCOC(C)(C)C)cc1N. The second kappa shape index (κ2) is 5.87. The van der Waals surface area contributed by atoms with Crippen molar-refractivity contribution in [2.45, 2.75) is 33.3 Å². The van der Waals surface area contributed by atoms with Gasteiger partial charge in [0.15, 0.2) is 0 Å². The van der Waals surface area contributed by atoms with Crippen LogP contribution in [0.2, 0.25) is 0 Å². The van der Waals surface area contributed by atoms with Crippen LogP contribution in [0.5, 0.6) is 0 Å². The van der Waals surface area contributed by atoms with E-state index in [0.29, 0.717) is 17.9 Å². The van der Waals surface area contributed by atoms with Crippen molar-refractivity contribution >= 4 is 11.7 Å². The lowest BCUT2D eigenvalue weighted by atomic mass is 10.1. The molecule has 0 unspecified atom stereocenters. The minimum atomic E-state index is -0.376. The molecule has 0 fully saturated rings. The van der Waals surface area contributed by atoms with Crippen molar-refractivity contribution in [3.8, 4) is 0 Å². The highest BCUT2D eigenvalue weighted by molar-refractivity contribution is 5.90. The molecule has 0 aromatic heterocycles. The molecule has 0 spiro atoms. The highest BCUT2D eigenvalue weighted by atomic mass is 16.6. The lowest BCUT2D eigenvalue weighted by Crippen LogP contribution is -2.22. The van der Waals surface area contributed by atoms with Gasteiger partial charge >= 0.3 is 5.97 Å². The van der Waals surface area contributed by atoms with Crippen LogP contribution in [0.1, 0.15) is 36.7 Å². The summed E-state index contributed by atoms with van der Waals surface area (Å²) in [5.41, 5.74) is 7.52. The second-order valence-corrected chi connectivity index (χ2v) is 5.17. The lowest BCUT2D eigenvalue weighted by Gasteiger charge is -2.19. The maximum Gasteiger partial charge on any atom is 0.338 e. The molecule has 0 radical (unpaired) electrons. The minimum absolute atomic E-state index is 0.222. The number of hydrogen-bond donors (Lipinski definition) is 1. The number of benzene rings is 1. The van der Waals surface area contributed by atoms with Crippen LogP contribution in [0, 0.1) is 6.92 Å². The molecule has 0 heterocycles. The normalized spacial score (nSPS) is 11.3. The van der Waals surface area contributed by atoms with E-state index in [1.165, 1.54) is 0 Å². The van der Waals surface area contributed by atoms with E-state index < -0.39 is 0 Å². The summed E-state index contributed by atoms with van der Waals surface area (Å²) in [4.78, 5) is 11.7. The van der Waals surface area contributed by atoms with E-state index in [2.05, 4.69) is 0 Å². The van der Waals surface area contributed by atoms with Crippen LogP contribution in [-0.2, 0) is 9.47 Å². The van der Waals surface area contributed by atoms with E-state index in [0.717, 1.165) is 5.56 Å². The molecule has 0 aliphatic rings. The van der Waals surface area contributed by atoms with Gasteiger partial charge in [-0.3, -0.25) is 0 Å². The van der Waals surface area contributed by atoms with Crippen molar-refractivity contribution in [2.24, 2.45) is 0 Å². The first-order valence-electron chi connectivity index (χ1n) is 5.97. The van der Waals surface area contributed by atoms with Crippen LogP contribution in [0.3, 0.4) is 0 Å². The lowest BCUT2D eigenvalue weighted by molar-refractivity contribution is -0.0281. The number of esters is 1. The van der Waals surface area contributed by atoms with E-state index in [4.69, 9.17) is 15.2 Å². The Labute approximate surface area is 108 Å². The highest BCUT2D eigenvalue weighted by Crippen LogP contribution is 2.13. The topological polar surface area (TPSA) is 61.5 Å². The van der Waals surface area contributed by atoms with E-state index in [-0.39, 0.29) is 18.2 Å². The molecule has 1 rings (SSSR count). The van der Waals surface area contributed by atoms with Crippen LogP contribution in [0.15, 0.2) is 18.2 Å². The molecule has 0 saturated carbocycles. The summed E-state index contributed by atoms with van der Waals surface area (Å²) in [6.45, 7) is 8.38. The largest absolute Gasteiger partial charge is 0.460 e. The van der Waals surface area contributed by atoms with Crippen LogP contribution in [0.25, 0.3) is 0 Å². The molecule has 2 N–H and O–H groups in total. The fourth-order valence-corrected chi connectivity index (χ4v) is 1.33. The molecular formula is C14H21NO3. The maximum atomic E-state index is 11.7. The Morgan fingerprint density at radius 3 is 2.50 bits per heavy atom. The second-order valence-electron chi connectivity index (χ2n) is 5.17. The van der Waals surface area contributed by atoms with Gasteiger partial charge in [-0.05, 0) is 45.4 Å². The molecule has 0 aliphatic carbocycles. The predicted octanol–water partition coefficient (Wildman–Crippen LogP) is 2.55. The monoisotopic (exact) mass is 251 g/mol. The molecule has 4 heteroatoms. The Hall–Kier alpha value is -1.55. The first kappa shape index (κ1) is 14.5. The molecule has 0 saturated heterocycles. The number of anilines is 1. The van der Waals surface area contributed by atoms with Crippen molar-refractivity contribution < 1.29 is 14.3 Å². The van der Waals surface area contributed by atoms with Gasteiger partial charge in [0.05, 0.1) is 17.8 Å². The number of nitrogens with two attached hydrogens (primary N) is 1. The summed E-state index contributed by atoms with van der Waals surface area (Å²) >= 11 is 0. The average molecular weight is 251 g/mol. The molecule has 4 nitrogen and oxygen atoms in total. The van der Waals surface area contributed by atoms with Gasteiger partial charge in [0.1, 0.15) is 6.61 Å². The van der Waals surface area contributed by atoms with Crippen molar-refractivity contribution in [3.05, 3.63) is 29.3 Å². The standard InChI is InChI=1S/C14H21NO3/c1-10-5-6-11(9-12(10)15)13(16)17-7-8-18-14(2,3)4/h5-6,9H,7-8,15H2,1-4H3. The van der Waals surface area contributed by atoms with Gasteiger partial charge in [0.25, 0.3) is 0 Å². The molecule has 0 amide bonds. The third kappa shape index (κ3) is 4.75. The van der Waals surface area contributed by atoms with E-state index in [1.807, 2.05) is 27.7 Å². The number of ether oxygens (including phenoxy) is 2. The Balaban J connectivity index is 2.43. The van der Waals surface area contributed by atoms with Crippen molar-refractivity contribution in [1.82, 2.24) is 0 Å². The fourth-order valence-electron chi connectivity index (χ4n) is 1.33. The zero-order chi connectivity index (χ0) is 13.8. The highest BCUT2D eigenvalue weighted by Gasteiger charge is 2.11. The quantitative estimate of drug-likeness (QED) is 0.507. The Bertz CT molecular complexity index is 422. The molecule has 1 aromatic carbocycles. The van der Waals surface area contributed by atoms with Crippen LogP contribution in [0.4, 0.5) is 5.69 Å². The van der Waals surface area contributed by atoms with Gasteiger partial charge < -0.3 is 15.2 Å². The Morgan fingerprint density at radius 1 is 1.28 bits per heavy atom. The summed E-state index contributed by atoms with van der Waals surface area (Å²) in [6.07, 6.45) is 0. The van der Waals surface area contributed by atoms with Crippen molar-refractivity contribution in [3.63, 3.8) is 0 Å². The number of rotatable bonds is 4. The zero-order valence-corrected chi connectivity index (χ0v) is 11.4. The van der Waals surface area contributed by atoms with Crippen molar-refractivity contribution in [2.75, 3.05) is 18.9 Å². The van der Waals surface area contributed by atoms with Gasteiger partial charge in [-0.25, -0.2) is 4.79 Å². The van der Waals surface area contributed by atoms with Crippen LogP contribution in [-0.4, -0.2) is 24.8 Å². The third-order valence-corrected chi connectivity index (χ3v) is 2.37. The van der Waals surface area contributed by atoms with Crippen LogP contribution >= 0.6 is 0 Å². The number of carbonyl (C=O) groups excluding carboxylic acids is 1. The number of hydrogen-bond acceptors (Lipinski definition) is 4. The molecule has 1 aromatic rings. The Morgan fingerprint density at radius 2 is 1.94 bits per heavy atom. The van der Waals surface area contributed by atoms with Gasteiger partial charge in [-0.2, -0.15) is 0 Å². The maximum absolute atomic E-state index is 11.7. The van der Waals surface area contributed by atoms with Gasteiger partial charge in [0, 0.05) is 5.69 Å². The Kier molecular flexibility index (Phi) is 4.73. The van der Waals surface area contributed by atoms with Gasteiger partial charge in [-0.15, -0.1) is 0 Å². The smallest absolute Gasteiger partial charge is 0.338 e. The summed E-state index contributed by atoms with van der Waals surface area (Å²) in [5, 5.41) is 0. The minimum Gasteiger partial charge on any atom is -0.460 e. The summed E-state index contributed by atoms with van der Waals surface area (Å²) in [6, 6.07) is 5.14. The molecule has 0 atom stereocenters. The summed E-state index contributed by atoms with van der Waals surface area (Å²) in [7, 11) is 0. The molecule has 0 bridgehead atoms. The number of carbonyl (C=O) groups is 1. The van der Waals surface area contributed by atoms with Crippen molar-refractivity contribution in [1.29, 1.82) is 0 Å². The molecule has 0 aliphatic heterocycles. The molecule has 18 heavy (non-hydrogen) atoms. The summed E-state index contributed by atoms with van der Waals surface area (Å²) < 4.78 is 10.6. The molecule has 100 valence electrons. The fraction of sp³-hybridized carbons (Fsp3) is 0.500. The average Bonchev–Trinajstić information content (AvgIpc) is 2.26. The van der Waals surface area contributed by atoms with E-state index in [9.17, 15) is 4.79 Å². The van der Waals surface area contributed by atoms with E-state index >= 15 is 0 Å². The summed E-state index contributed by atoms with van der Waals surface area (Å²) in [5.74, 6) is -0.376.